The molecule has 1 aliphatic rings. The van der Waals surface area contributed by atoms with Gasteiger partial charge in [0.05, 0.1) is 15.7 Å². The first-order valence-electron chi connectivity index (χ1n) is 4.70. The number of nitrogens with zero attached hydrogens (tertiary/aromatic N) is 1. The van der Waals surface area contributed by atoms with Crippen LogP contribution in [0.1, 0.15) is 6.42 Å². The maximum atomic E-state index is 13.8. The van der Waals surface area contributed by atoms with Crippen molar-refractivity contribution in [1.29, 1.82) is 0 Å². The molecule has 2 N–H and O–H groups in total. The van der Waals surface area contributed by atoms with Crippen LogP contribution >= 0.6 is 23.2 Å². The molecule has 0 aliphatic carbocycles. The van der Waals surface area contributed by atoms with Gasteiger partial charge in [-0.25, -0.2) is 4.39 Å². The zero-order chi connectivity index (χ0) is 11.9. The number of benzene rings is 1. The number of anilines is 1. The van der Waals surface area contributed by atoms with Gasteiger partial charge < -0.3 is 10.6 Å². The number of rotatable bonds is 1. The van der Waals surface area contributed by atoms with Crippen molar-refractivity contribution in [3.05, 3.63) is 28.0 Å². The molecule has 1 atom stereocenters. The maximum Gasteiger partial charge on any atom is 0.228 e. The molecule has 1 fully saturated rings. The molecule has 1 unspecified atom stereocenters. The van der Waals surface area contributed by atoms with Crippen LogP contribution < -0.4 is 10.6 Å². The van der Waals surface area contributed by atoms with Crippen LogP contribution in [-0.2, 0) is 4.79 Å². The number of amides is 1. The Morgan fingerprint density at radius 2 is 2.12 bits per heavy atom. The molecule has 86 valence electrons. The Kier molecular flexibility index (Phi) is 3.06. The van der Waals surface area contributed by atoms with Crippen molar-refractivity contribution in [2.45, 2.75) is 12.5 Å². The van der Waals surface area contributed by atoms with Crippen molar-refractivity contribution in [2.24, 2.45) is 5.73 Å². The lowest BCUT2D eigenvalue weighted by molar-refractivity contribution is -0.117. The van der Waals surface area contributed by atoms with Gasteiger partial charge in [-0.15, -0.1) is 0 Å². The molecule has 0 spiro atoms. The Hall–Kier alpha value is -0.840. The van der Waals surface area contributed by atoms with E-state index >= 15 is 0 Å². The summed E-state index contributed by atoms with van der Waals surface area (Å²) in [6.07, 6.45) is 0.222. The first-order valence-corrected chi connectivity index (χ1v) is 5.45. The molecule has 1 aromatic rings. The van der Waals surface area contributed by atoms with E-state index in [1.165, 1.54) is 17.0 Å². The molecule has 1 amide bonds. The third kappa shape index (κ3) is 1.88. The molecule has 1 aliphatic heterocycles. The summed E-state index contributed by atoms with van der Waals surface area (Å²) < 4.78 is 13.8. The Morgan fingerprint density at radius 3 is 2.69 bits per heavy atom. The van der Waals surface area contributed by atoms with E-state index in [9.17, 15) is 9.18 Å². The van der Waals surface area contributed by atoms with E-state index in [1.807, 2.05) is 0 Å². The normalized spacial score (nSPS) is 20.6. The van der Waals surface area contributed by atoms with Gasteiger partial charge in [0.25, 0.3) is 0 Å². The number of hydrogen-bond donors (Lipinski definition) is 1. The van der Waals surface area contributed by atoms with Crippen molar-refractivity contribution in [1.82, 2.24) is 0 Å². The third-order valence-electron chi connectivity index (χ3n) is 2.46. The van der Waals surface area contributed by atoms with Crippen LogP contribution in [0.3, 0.4) is 0 Å². The predicted octanol–water partition coefficient (Wildman–Crippen LogP) is 2.20. The summed E-state index contributed by atoms with van der Waals surface area (Å²) in [5.74, 6) is -0.888. The highest BCUT2D eigenvalue weighted by molar-refractivity contribution is 6.42. The molecule has 0 radical (unpaired) electrons. The first-order chi connectivity index (χ1) is 7.50. The van der Waals surface area contributed by atoms with E-state index in [-0.39, 0.29) is 34.1 Å². The highest BCUT2D eigenvalue weighted by atomic mass is 35.5. The second-order valence-corrected chi connectivity index (χ2v) is 4.45. The molecule has 0 aromatic heterocycles. The fraction of sp³-hybridized carbons (Fsp3) is 0.300. The second-order valence-electron chi connectivity index (χ2n) is 3.66. The van der Waals surface area contributed by atoms with Gasteiger partial charge in [-0.3, -0.25) is 4.79 Å². The average Bonchev–Trinajstić information content (AvgIpc) is 2.55. The Bertz CT molecular complexity index is 453. The molecule has 16 heavy (non-hydrogen) atoms. The summed E-state index contributed by atoms with van der Waals surface area (Å²) in [7, 11) is 0. The SMILES string of the molecule is NC1CC(=O)N(c2ccc(Cl)c(Cl)c2F)C1. The minimum Gasteiger partial charge on any atom is -0.326 e. The van der Waals surface area contributed by atoms with E-state index < -0.39 is 5.82 Å². The van der Waals surface area contributed by atoms with Gasteiger partial charge in [0.1, 0.15) is 0 Å². The van der Waals surface area contributed by atoms with Crippen molar-refractivity contribution in [3.8, 4) is 0 Å². The lowest BCUT2D eigenvalue weighted by atomic mass is 10.3. The van der Waals surface area contributed by atoms with E-state index in [2.05, 4.69) is 0 Å². The minimum absolute atomic E-state index is 0.124. The van der Waals surface area contributed by atoms with Crippen LogP contribution in [-0.4, -0.2) is 18.5 Å². The van der Waals surface area contributed by atoms with Gasteiger partial charge in [-0.05, 0) is 12.1 Å². The predicted molar refractivity (Wildman–Crippen MR) is 61.4 cm³/mol. The molecule has 3 nitrogen and oxygen atoms in total. The van der Waals surface area contributed by atoms with Crippen molar-refractivity contribution < 1.29 is 9.18 Å². The van der Waals surface area contributed by atoms with Crippen LogP contribution in [0.25, 0.3) is 0 Å². The van der Waals surface area contributed by atoms with Crippen LogP contribution in [0.4, 0.5) is 10.1 Å². The summed E-state index contributed by atoms with van der Waals surface area (Å²) in [5, 5.41) is -0.0497. The first kappa shape index (κ1) is 11.6. The lowest BCUT2D eigenvalue weighted by Gasteiger charge is -2.17. The lowest BCUT2D eigenvalue weighted by Crippen LogP contribution is -2.28. The molecule has 2 rings (SSSR count). The van der Waals surface area contributed by atoms with Crippen LogP contribution in [0.2, 0.25) is 10.0 Å². The van der Waals surface area contributed by atoms with Gasteiger partial charge in [0, 0.05) is 19.0 Å². The largest absolute Gasteiger partial charge is 0.326 e. The molecule has 1 aromatic carbocycles. The fourth-order valence-corrected chi connectivity index (χ4v) is 2.00. The van der Waals surface area contributed by atoms with Gasteiger partial charge in [0.2, 0.25) is 5.91 Å². The summed E-state index contributed by atoms with van der Waals surface area (Å²) in [5.41, 5.74) is 5.76. The summed E-state index contributed by atoms with van der Waals surface area (Å²) in [4.78, 5) is 12.8. The average molecular weight is 263 g/mol. The molecule has 0 bridgehead atoms. The quantitative estimate of drug-likeness (QED) is 0.789. The highest BCUT2D eigenvalue weighted by Gasteiger charge is 2.30. The smallest absolute Gasteiger partial charge is 0.228 e. The third-order valence-corrected chi connectivity index (χ3v) is 3.24. The molecule has 6 heteroatoms. The summed E-state index contributed by atoms with van der Waals surface area (Å²) in [6, 6.07) is 2.63. The zero-order valence-corrected chi connectivity index (χ0v) is 9.72. The van der Waals surface area contributed by atoms with Gasteiger partial charge in [0.15, 0.2) is 5.82 Å². The number of hydrogen-bond acceptors (Lipinski definition) is 2. The van der Waals surface area contributed by atoms with E-state index in [0.29, 0.717) is 6.54 Å². The van der Waals surface area contributed by atoms with Gasteiger partial charge in [-0.2, -0.15) is 0 Å². The monoisotopic (exact) mass is 262 g/mol. The molecule has 1 heterocycles. The number of nitrogens with two attached hydrogens (primary N) is 1. The van der Waals surface area contributed by atoms with Crippen LogP contribution in [0.15, 0.2) is 12.1 Å². The maximum absolute atomic E-state index is 13.8. The Morgan fingerprint density at radius 1 is 1.44 bits per heavy atom. The van der Waals surface area contributed by atoms with E-state index in [0.717, 1.165) is 0 Å². The molecule has 1 saturated heterocycles. The fourth-order valence-electron chi connectivity index (χ4n) is 1.69. The summed E-state index contributed by atoms with van der Waals surface area (Å²) in [6.45, 7) is 0.299. The van der Waals surface area contributed by atoms with Gasteiger partial charge in [-0.1, -0.05) is 23.2 Å². The topological polar surface area (TPSA) is 46.3 Å². The van der Waals surface area contributed by atoms with Crippen molar-refractivity contribution >= 4 is 34.8 Å². The standard InChI is InChI=1S/C10H9Cl2FN2O/c11-6-1-2-7(10(13)9(6)12)15-4-5(14)3-8(15)16/h1-2,5H,3-4,14H2. The second kappa shape index (κ2) is 4.20. The zero-order valence-electron chi connectivity index (χ0n) is 8.21. The van der Waals surface area contributed by atoms with Crippen molar-refractivity contribution in [2.75, 3.05) is 11.4 Å². The minimum atomic E-state index is -0.684. The Balaban J connectivity index is 2.42. The van der Waals surface area contributed by atoms with E-state index in [4.69, 9.17) is 28.9 Å². The van der Waals surface area contributed by atoms with E-state index in [1.54, 1.807) is 0 Å². The molecule has 0 saturated carbocycles. The number of carbonyl (C=O) groups is 1. The molecular formula is C10H9Cl2FN2O. The van der Waals surface area contributed by atoms with Crippen LogP contribution in [0.5, 0.6) is 0 Å². The number of halogens is 3. The molecular weight excluding hydrogens is 254 g/mol. The summed E-state index contributed by atoms with van der Waals surface area (Å²) >= 11 is 11.3. The highest BCUT2D eigenvalue weighted by Crippen LogP contribution is 2.33. The van der Waals surface area contributed by atoms with Crippen LogP contribution in [0, 0.1) is 5.82 Å². The number of carbonyl (C=O) groups excluding carboxylic acids is 1. The van der Waals surface area contributed by atoms with Crippen molar-refractivity contribution in [3.63, 3.8) is 0 Å². The Labute approximate surface area is 102 Å². The van der Waals surface area contributed by atoms with Gasteiger partial charge >= 0.3 is 0 Å².